The predicted octanol–water partition coefficient (Wildman–Crippen LogP) is 9.69. The smallest absolute Gasteiger partial charge is 0.261 e. The molecule has 408 valence electrons. The van der Waals surface area contributed by atoms with Crippen LogP contribution in [-0.4, -0.2) is 140 Å². The van der Waals surface area contributed by atoms with Crippen molar-refractivity contribution in [1.29, 1.82) is 0 Å². The number of benzene rings is 2. The van der Waals surface area contributed by atoms with E-state index in [1.165, 1.54) is 4.90 Å². The molecule has 11 heterocycles. The average Bonchev–Trinajstić information content (AvgIpc) is 4.11. The van der Waals surface area contributed by atoms with Crippen LogP contribution in [0.1, 0.15) is 138 Å². The lowest BCUT2D eigenvalue weighted by Crippen LogP contribution is -2.62. The summed E-state index contributed by atoms with van der Waals surface area (Å²) in [4.78, 5) is 29.4. The van der Waals surface area contributed by atoms with E-state index in [1.807, 2.05) is 6.07 Å². The van der Waals surface area contributed by atoms with Crippen LogP contribution in [0.3, 0.4) is 0 Å². The van der Waals surface area contributed by atoms with Gasteiger partial charge in [0.05, 0.1) is 84.8 Å². The molecule has 0 saturated carbocycles. The van der Waals surface area contributed by atoms with Gasteiger partial charge in [-0.25, -0.2) is 0 Å². The highest BCUT2D eigenvalue weighted by molar-refractivity contribution is 6.74. The van der Waals surface area contributed by atoms with Gasteiger partial charge in [0.25, 0.3) is 11.8 Å². The summed E-state index contributed by atoms with van der Waals surface area (Å²) in [6.07, 6.45) is 5.03. The standard InChI is InChI=1S/C61H83NO12Si/c1-33-25-38-19-21-46-34(2)26-40(66-46)23-24-61-31-51-54(72-61)55-56(71-51)57(73-61)53-47(70-55)22-20-39(68-53)28-45(63)44(27-37-15-11-10-12-16-37)52-36(4)48(69-50(52)30-49(67-38)35(33)3)29-41(74-75(8,9)60(5,6)7)32-62-58(64)42-17-13-14-18-43(42)59(62)65/h10-18,33,36,38-41,44-57,63H,2-3,19-32H2,1,4-9H3/t33-,36+,38+,39?,40+,41+,44?,45?,46?,47+,48-,49-,50?,51?,52?,53+,54+,55+,56-,57+,61?/m1/s1. The van der Waals surface area contributed by atoms with Gasteiger partial charge < -0.3 is 47.4 Å². The minimum Gasteiger partial charge on any atom is -0.412 e. The lowest BCUT2D eigenvalue weighted by molar-refractivity contribution is -0.294. The molecule has 2 amide bonds. The Bertz CT molecular complexity index is 2450. The molecule has 21 atom stereocenters. The zero-order valence-corrected chi connectivity index (χ0v) is 46.4. The van der Waals surface area contributed by atoms with Crippen molar-refractivity contribution < 1.29 is 57.0 Å². The van der Waals surface area contributed by atoms with E-state index in [0.717, 1.165) is 61.7 Å². The van der Waals surface area contributed by atoms with Crippen molar-refractivity contribution in [3.8, 4) is 0 Å². The molecule has 2 aromatic carbocycles. The molecule has 1 spiro atoms. The summed E-state index contributed by atoms with van der Waals surface area (Å²) in [5, 5.41) is 13.0. The number of nitrogens with zero attached hydrogens (tertiary/aromatic N) is 1. The monoisotopic (exact) mass is 1050 g/mol. The number of fused-ring (bicyclic) bond motifs is 7. The second-order valence-electron chi connectivity index (χ2n) is 26.1. The molecule has 0 aliphatic carbocycles. The first-order valence-electron chi connectivity index (χ1n) is 28.8. The summed E-state index contributed by atoms with van der Waals surface area (Å²) < 4.78 is 63.8. The second-order valence-corrected chi connectivity index (χ2v) is 30.8. The quantitative estimate of drug-likeness (QED) is 0.153. The maximum Gasteiger partial charge on any atom is 0.261 e. The molecule has 0 radical (unpaired) electrons. The van der Waals surface area contributed by atoms with E-state index in [-0.39, 0.29) is 133 Å². The Morgan fingerprint density at radius 2 is 1.40 bits per heavy atom. The van der Waals surface area contributed by atoms with Crippen LogP contribution in [0.2, 0.25) is 18.1 Å². The Morgan fingerprint density at radius 1 is 0.733 bits per heavy atom. The van der Waals surface area contributed by atoms with Gasteiger partial charge in [-0.3, -0.25) is 14.5 Å². The molecule has 13 nitrogen and oxygen atoms in total. The minimum absolute atomic E-state index is 0.000000461. The van der Waals surface area contributed by atoms with Crippen LogP contribution in [0.5, 0.6) is 0 Å². The summed E-state index contributed by atoms with van der Waals surface area (Å²) in [5.41, 5.74) is 4.21. The van der Waals surface area contributed by atoms with Crippen LogP contribution in [0, 0.1) is 23.7 Å². The van der Waals surface area contributed by atoms with Gasteiger partial charge in [-0.05, 0) is 128 Å². The van der Waals surface area contributed by atoms with Crippen LogP contribution < -0.4 is 0 Å². The summed E-state index contributed by atoms with van der Waals surface area (Å²) in [6.45, 7) is 25.0. The van der Waals surface area contributed by atoms with E-state index in [1.54, 1.807) is 24.3 Å². The van der Waals surface area contributed by atoms with Gasteiger partial charge in [-0.1, -0.05) is 90.2 Å². The lowest BCUT2D eigenvalue weighted by atomic mass is 9.70. The van der Waals surface area contributed by atoms with E-state index in [4.69, 9.17) is 48.9 Å². The van der Waals surface area contributed by atoms with Crippen molar-refractivity contribution in [2.45, 2.75) is 240 Å². The first-order chi connectivity index (χ1) is 35.8. The van der Waals surface area contributed by atoms with Gasteiger partial charge in [0.1, 0.15) is 30.5 Å². The van der Waals surface area contributed by atoms with E-state index in [2.05, 4.69) is 78.6 Å². The van der Waals surface area contributed by atoms with Gasteiger partial charge in [0.2, 0.25) is 0 Å². The fraction of sp³-hybridized carbons (Fsp3) is 0.705. The second kappa shape index (κ2) is 20.2. The van der Waals surface area contributed by atoms with Crippen LogP contribution in [0.25, 0.3) is 0 Å². The Hall–Kier alpha value is -3.12. The third-order valence-electron chi connectivity index (χ3n) is 20.2. The van der Waals surface area contributed by atoms with Crippen molar-refractivity contribution in [3.63, 3.8) is 0 Å². The molecule has 11 aliphatic heterocycles. The zero-order valence-electron chi connectivity index (χ0n) is 45.4. The van der Waals surface area contributed by atoms with Gasteiger partial charge in [0, 0.05) is 25.7 Å². The molecular formula is C61H83NO12Si. The zero-order chi connectivity index (χ0) is 52.3. The molecule has 8 unspecified atom stereocenters. The van der Waals surface area contributed by atoms with Crippen molar-refractivity contribution in [1.82, 2.24) is 4.90 Å². The Kier molecular flexibility index (Phi) is 14.2. The van der Waals surface area contributed by atoms with Gasteiger partial charge in [-0.2, -0.15) is 0 Å². The van der Waals surface area contributed by atoms with Crippen LogP contribution >= 0.6 is 0 Å². The fourth-order valence-electron chi connectivity index (χ4n) is 15.1. The summed E-state index contributed by atoms with van der Waals surface area (Å²) >= 11 is 0. The van der Waals surface area contributed by atoms with E-state index >= 15 is 0 Å². The Balaban J connectivity index is 0.886. The number of carbonyl (C=O) groups excluding carboxylic acids is 2. The normalized spacial score (nSPS) is 43.1. The average molecular weight is 1050 g/mol. The predicted molar refractivity (Wildman–Crippen MR) is 283 cm³/mol. The van der Waals surface area contributed by atoms with Crippen molar-refractivity contribution in [3.05, 3.63) is 95.6 Å². The molecule has 11 aliphatic rings. The maximum atomic E-state index is 14.0. The van der Waals surface area contributed by atoms with Crippen LogP contribution in [0.15, 0.2) is 78.9 Å². The molecule has 2 aromatic rings. The molecule has 14 heteroatoms. The van der Waals surface area contributed by atoms with Crippen LogP contribution in [-0.2, 0) is 48.7 Å². The highest BCUT2D eigenvalue weighted by Gasteiger charge is 2.69. The number of ether oxygens (including phenoxy) is 8. The molecule has 13 rings (SSSR count). The minimum atomic E-state index is -2.46. The van der Waals surface area contributed by atoms with Gasteiger partial charge in [0.15, 0.2) is 14.1 Å². The SMILES string of the molecule is C=C1C[C@@H]2CCC34CC5O[C@H]6[C@@H](O3)[C@H]3OC(CC[C@@H]3O[C@H]6[C@H]5O4)CC(O)C(Cc3ccccc3)C3C(C[C@H]4O[C@@H](CCC1O2)C[C@@H](C)C4=C)O[C@H](C[C@@H](CN1C(=O)c2ccccc2C1=O)O[Si](C)(C)C(C)(C)C)[C@@H]3C. The number of aliphatic hydroxyl groups is 1. The molecule has 10 fully saturated rings. The number of aliphatic hydroxyl groups excluding tert-OH is 1. The van der Waals surface area contributed by atoms with Crippen molar-refractivity contribution in [2.75, 3.05) is 6.54 Å². The first kappa shape index (κ1) is 52.6. The molecule has 75 heavy (non-hydrogen) atoms. The van der Waals surface area contributed by atoms with Gasteiger partial charge >= 0.3 is 0 Å². The number of hydrogen-bond donors (Lipinski definition) is 1. The number of carbonyl (C=O) groups is 2. The molecule has 10 saturated heterocycles. The summed E-state index contributed by atoms with van der Waals surface area (Å²) in [6, 6.07) is 17.6. The Morgan fingerprint density at radius 3 is 2.15 bits per heavy atom. The lowest BCUT2D eigenvalue weighted by Gasteiger charge is -2.48. The van der Waals surface area contributed by atoms with Crippen molar-refractivity contribution >= 4 is 20.1 Å². The number of amides is 2. The number of rotatable bonds is 8. The van der Waals surface area contributed by atoms with Crippen molar-refractivity contribution in [2.24, 2.45) is 23.7 Å². The van der Waals surface area contributed by atoms with Crippen LogP contribution in [0.4, 0.5) is 0 Å². The Labute approximate surface area is 445 Å². The topological polar surface area (TPSA) is 141 Å². The molecule has 12 bridgehead atoms. The first-order valence-corrected chi connectivity index (χ1v) is 31.7. The largest absolute Gasteiger partial charge is 0.412 e. The van der Waals surface area contributed by atoms with E-state index in [9.17, 15) is 14.7 Å². The highest BCUT2D eigenvalue weighted by Crippen LogP contribution is 2.55. The molecule has 1 N–H and O–H groups in total. The summed E-state index contributed by atoms with van der Waals surface area (Å²) in [7, 11) is -2.46. The van der Waals surface area contributed by atoms with Gasteiger partial charge in [-0.15, -0.1) is 0 Å². The number of hydrogen-bond acceptors (Lipinski definition) is 12. The summed E-state index contributed by atoms with van der Waals surface area (Å²) in [5.74, 6) is -1.58. The van der Waals surface area contributed by atoms with E-state index in [0.29, 0.717) is 49.7 Å². The fourth-order valence-corrected chi connectivity index (χ4v) is 16.5. The highest BCUT2D eigenvalue weighted by atomic mass is 28.4. The third kappa shape index (κ3) is 9.84. The third-order valence-corrected chi connectivity index (χ3v) is 24.7. The molecule has 0 aromatic heterocycles. The van der Waals surface area contributed by atoms with E-state index < -0.39 is 26.3 Å². The maximum absolute atomic E-state index is 14.0. The number of imide groups is 1. The molecular weight excluding hydrogens is 967 g/mol.